The van der Waals surface area contributed by atoms with Crippen LogP contribution in [0.25, 0.3) is 0 Å². The van der Waals surface area contributed by atoms with Crippen LogP contribution in [0.4, 0.5) is 4.39 Å². The van der Waals surface area contributed by atoms with Gasteiger partial charge in [-0.2, -0.15) is 0 Å². The van der Waals surface area contributed by atoms with Crippen molar-refractivity contribution >= 4 is 17.5 Å². The van der Waals surface area contributed by atoms with Crippen molar-refractivity contribution in [3.8, 4) is 5.75 Å². The molecule has 6 heteroatoms. The molecule has 21 heavy (non-hydrogen) atoms. The Bertz CT molecular complexity index is 619. The molecule has 0 saturated heterocycles. The van der Waals surface area contributed by atoms with Crippen LogP contribution in [0.5, 0.6) is 5.75 Å². The highest BCUT2D eigenvalue weighted by Crippen LogP contribution is 2.15. The van der Waals surface area contributed by atoms with Crippen molar-refractivity contribution in [3.05, 3.63) is 59.1 Å². The number of ether oxygens (including phenoxy) is 1. The predicted molar refractivity (Wildman–Crippen MR) is 78.1 cm³/mol. The SMILES string of the molecule is CN(CCOc1ccc(F)cc1)C(=O)c1ccncc1Cl. The first kappa shape index (κ1) is 15.3. The van der Waals surface area contributed by atoms with Gasteiger partial charge < -0.3 is 9.64 Å². The molecule has 0 bridgehead atoms. The van der Waals surface area contributed by atoms with Crippen LogP contribution in [0.15, 0.2) is 42.7 Å². The number of amides is 1. The van der Waals surface area contributed by atoms with Gasteiger partial charge in [-0.1, -0.05) is 11.6 Å². The summed E-state index contributed by atoms with van der Waals surface area (Å²) in [5, 5.41) is 0.314. The van der Waals surface area contributed by atoms with Crippen molar-refractivity contribution in [1.82, 2.24) is 9.88 Å². The summed E-state index contributed by atoms with van der Waals surface area (Å²) in [4.78, 5) is 17.5. The summed E-state index contributed by atoms with van der Waals surface area (Å²) >= 11 is 5.93. The smallest absolute Gasteiger partial charge is 0.255 e. The minimum atomic E-state index is -0.318. The lowest BCUT2D eigenvalue weighted by atomic mass is 10.2. The van der Waals surface area contributed by atoms with Crippen LogP contribution in [0.2, 0.25) is 5.02 Å². The number of rotatable bonds is 5. The van der Waals surface area contributed by atoms with E-state index in [-0.39, 0.29) is 11.7 Å². The summed E-state index contributed by atoms with van der Waals surface area (Å²) in [6.07, 6.45) is 2.94. The molecule has 0 atom stereocenters. The third kappa shape index (κ3) is 4.16. The van der Waals surface area contributed by atoms with E-state index in [1.165, 1.54) is 41.6 Å². The zero-order valence-corrected chi connectivity index (χ0v) is 12.2. The van der Waals surface area contributed by atoms with Gasteiger partial charge in [-0.3, -0.25) is 9.78 Å². The Kier molecular flexibility index (Phi) is 5.11. The summed E-state index contributed by atoms with van der Waals surface area (Å²) < 4.78 is 18.2. The maximum absolute atomic E-state index is 12.7. The Morgan fingerprint density at radius 2 is 2.05 bits per heavy atom. The minimum absolute atomic E-state index is 0.204. The molecule has 2 aromatic rings. The molecule has 0 saturated carbocycles. The molecule has 0 aliphatic heterocycles. The van der Waals surface area contributed by atoms with Gasteiger partial charge in [-0.15, -0.1) is 0 Å². The summed E-state index contributed by atoms with van der Waals surface area (Å²) in [5.41, 5.74) is 0.399. The number of likely N-dealkylation sites (N-methyl/N-ethyl adjacent to an activating group) is 1. The molecule has 0 unspecified atom stereocenters. The highest BCUT2D eigenvalue weighted by atomic mass is 35.5. The number of pyridine rings is 1. The number of benzene rings is 1. The lowest BCUT2D eigenvalue weighted by molar-refractivity contribution is 0.0774. The van der Waals surface area contributed by atoms with Crippen LogP contribution in [0, 0.1) is 5.82 Å². The molecule has 0 fully saturated rings. The van der Waals surface area contributed by atoms with Crippen LogP contribution in [-0.2, 0) is 0 Å². The molecular formula is C15H14ClFN2O2. The molecule has 0 aliphatic rings. The summed E-state index contributed by atoms with van der Waals surface area (Å²) in [5.74, 6) is 0.0336. The fraction of sp³-hybridized carbons (Fsp3) is 0.200. The summed E-state index contributed by atoms with van der Waals surface area (Å²) in [6.45, 7) is 0.686. The number of aromatic nitrogens is 1. The molecule has 4 nitrogen and oxygen atoms in total. The predicted octanol–water partition coefficient (Wildman–Crippen LogP) is 3.03. The number of nitrogens with zero attached hydrogens (tertiary/aromatic N) is 2. The monoisotopic (exact) mass is 308 g/mol. The molecule has 110 valence electrons. The zero-order valence-electron chi connectivity index (χ0n) is 11.4. The first-order valence-corrected chi connectivity index (χ1v) is 6.69. The van der Waals surface area contributed by atoms with Crippen molar-refractivity contribution in [3.63, 3.8) is 0 Å². The normalized spacial score (nSPS) is 10.2. The van der Waals surface area contributed by atoms with E-state index in [0.29, 0.717) is 29.5 Å². The van der Waals surface area contributed by atoms with Crippen LogP contribution in [0.3, 0.4) is 0 Å². The minimum Gasteiger partial charge on any atom is -0.492 e. The molecule has 0 N–H and O–H groups in total. The van der Waals surface area contributed by atoms with Crippen molar-refractivity contribution in [2.45, 2.75) is 0 Å². The van der Waals surface area contributed by atoms with Crippen LogP contribution in [0.1, 0.15) is 10.4 Å². The van der Waals surface area contributed by atoms with Gasteiger partial charge >= 0.3 is 0 Å². The van der Waals surface area contributed by atoms with Crippen molar-refractivity contribution in [2.24, 2.45) is 0 Å². The van der Waals surface area contributed by atoms with E-state index in [1.54, 1.807) is 13.1 Å². The maximum atomic E-state index is 12.7. The van der Waals surface area contributed by atoms with Crippen LogP contribution in [-0.4, -0.2) is 36.0 Å². The molecule has 1 aromatic heterocycles. The van der Waals surface area contributed by atoms with Crippen LogP contribution >= 0.6 is 11.6 Å². The highest BCUT2D eigenvalue weighted by molar-refractivity contribution is 6.33. The van der Waals surface area contributed by atoms with Gasteiger partial charge in [0.1, 0.15) is 18.2 Å². The Hall–Kier alpha value is -2.14. The summed E-state index contributed by atoms with van der Waals surface area (Å²) in [6, 6.07) is 7.29. The van der Waals surface area contributed by atoms with Crippen molar-refractivity contribution in [1.29, 1.82) is 0 Å². The van der Waals surface area contributed by atoms with Gasteiger partial charge in [0.15, 0.2) is 0 Å². The Morgan fingerprint density at radius 1 is 1.33 bits per heavy atom. The second-order valence-electron chi connectivity index (χ2n) is 4.38. The van der Waals surface area contributed by atoms with E-state index in [2.05, 4.69) is 4.98 Å². The molecule has 2 rings (SSSR count). The second-order valence-corrected chi connectivity index (χ2v) is 4.79. The number of carbonyl (C=O) groups is 1. The third-order valence-corrected chi connectivity index (χ3v) is 3.16. The lowest BCUT2D eigenvalue weighted by Crippen LogP contribution is -2.31. The Morgan fingerprint density at radius 3 is 2.71 bits per heavy atom. The van der Waals surface area contributed by atoms with Gasteiger partial charge in [0.05, 0.1) is 17.1 Å². The van der Waals surface area contributed by atoms with Gasteiger partial charge in [0.2, 0.25) is 0 Å². The Labute approximate surface area is 127 Å². The molecule has 0 spiro atoms. The van der Waals surface area contributed by atoms with E-state index in [0.717, 1.165) is 0 Å². The first-order chi connectivity index (χ1) is 10.1. The largest absolute Gasteiger partial charge is 0.492 e. The topological polar surface area (TPSA) is 42.4 Å². The molecule has 0 radical (unpaired) electrons. The quantitative estimate of drug-likeness (QED) is 0.852. The third-order valence-electron chi connectivity index (χ3n) is 2.86. The van der Waals surface area contributed by atoms with E-state index in [4.69, 9.17) is 16.3 Å². The van der Waals surface area contributed by atoms with Crippen molar-refractivity contribution in [2.75, 3.05) is 20.2 Å². The van der Waals surface area contributed by atoms with Crippen LogP contribution < -0.4 is 4.74 Å². The van der Waals surface area contributed by atoms with Gasteiger partial charge in [-0.05, 0) is 30.3 Å². The maximum Gasteiger partial charge on any atom is 0.255 e. The van der Waals surface area contributed by atoms with E-state index < -0.39 is 0 Å². The molecule has 1 amide bonds. The lowest BCUT2D eigenvalue weighted by Gasteiger charge is -2.18. The number of hydrogen-bond acceptors (Lipinski definition) is 3. The average Bonchev–Trinajstić information content (AvgIpc) is 2.49. The Balaban J connectivity index is 1.87. The molecule has 1 aromatic carbocycles. The summed E-state index contributed by atoms with van der Waals surface area (Å²) in [7, 11) is 1.66. The molecule has 0 aliphatic carbocycles. The van der Waals surface area contributed by atoms with Gasteiger partial charge in [-0.25, -0.2) is 4.39 Å². The fourth-order valence-electron chi connectivity index (χ4n) is 1.69. The second kappa shape index (κ2) is 7.04. The van der Waals surface area contributed by atoms with Gasteiger partial charge in [0.25, 0.3) is 5.91 Å². The highest BCUT2D eigenvalue weighted by Gasteiger charge is 2.14. The fourth-order valence-corrected chi connectivity index (χ4v) is 1.89. The number of halogens is 2. The number of carbonyl (C=O) groups excluding carboxylic acids is 1. The van der Waals surface area contributed by atoms with Crippen molar-refractivity contribution < 1.29 is 13.9 Å². The standard InChI is InChI=1S/C15H14ClFN2O2/c1-19(15(20)13-6-7-18-10-14(13)16)8-9-21-12-4-2-11(17)3-5-12/h2-7,10H,8-9H2,1H3. The van der Waals surface area contributed by atoms with E-state index >= 15 is 0 Å². The molecule has 1 heterocycles. The van der Waals surface area contributed by atoms with E-state index in [1.807, 2.05) is 0 Å². The number of hydrogen-bond donors (Lipinski definition) is 0. The average molecular weight is 309 g/mol. The van der Waals surface area contributed by atoms with E-state index in [9.17, 15) is 9.18 Å². The zero-order chi connectivity index (χ0) is 15.2. The first-order valence-electron chi connectivity index (χ1n) is 6.31. The van der Waals surface area contributed by atoms with Gasteiger partial charge in [0, 0.05) is 19.4 Å². The molecular weight excluding hydrogens is 295 g/mol.